The highest BCUT2D eigenvalue weighted by Gasteiger charge is 2.18. The van der Waals surface area contributed by atoms with Crippen LogP contribution in [0, 0.1) is 13.8 Å². The van der Waals surface area contributed by atoms with E-state index in [0.29, 0.717) is 27.7 Å². The van der Waals surface area contributed by atoms with Crippen LogP contribution in [0.4, 0.5) is 11.4 Å². The lowest BCUT2D eigenvalue weighted by Crippen LogP contribution is -2.25. The van der Waals surface area contributed by atoms with Gasteiger partial charge in [-0.25, -0.2) is 4.98 Å². The van der Waals surface area contributed by atoms with Crippen LogP contribution in [-0.4, -0.2) is 23.4 Å². The Kier molecular flexibility index (Phi) is 3.34. The molecule has 3 rings (SSSR count). The third kappa shape index (κ3) is 2.73. The Labute approximate surface area is 125 Å². The number of amides is 2. The molecule has 2 amide bonds. The second-order valence-corrected chi connectivity index (χ2v) is 5.85. The number of ether oxygens (including phenoxy) is 1. The maximum absolute atomic E-state index is 12.2. The summed E-state index contributed by atoms with van der Waals surface area (Å²) in [6, 6.07) is 5.13. The maximum Gasteiger partial charge on any atom is 0.267 e. The Morgan fingerprint density at radius 2 is 2.24 bits per heavy atom. The minimum absolute atomic E-state index is 0.0119. The molecule has 1 aliphatic heterocycles. The summed E-state index contributed by atoms with van der Waals surface area (Å²) in [5.41, 5.74) is 1.86. The molecule has 0 radical (unpaired) electrons. The number of carbonyl (C=O) groups is 2. The Bertz CT molecular complexity index is 739. The zero-order chi connectivity index (χ0) is 15.0. The lowest BCUT2D eigenvalue weighted by atomic mass is 10.2. The highest BCUT2D eigenvalue weighted by atomic mass is 32.1. The topological polar surface area (TPSA) is 80.3 Å². The maximum atomic E-state index is 12.2. The summed E-state index contributed by atoms with van der Waals surface area (Å²) in [4.78, 5) is 28.3. The fraction of sp³-hybridized carbons (Fsp3) is 0.214. The number of aromatic nitrogens is 1. The minimum atomic E-state index is -0.208. The minimum Gasteiger partial charge on any atom is -0.482 e. The molecular weight excluding hydrogens is 290 g/mol. The smallest absolute Gasteiger partial charge is 0.267 e. The van der Waals surface area contributed by atoms with Gasteiger partial charge in [0.05, 0.1) is 16.4 Å². The van der Waals surface area contributed by atoms with Crippen molar-refractivity contribution >= 4 is 34.5 Å². The molecular formula is C14H13N3O3S. The standard InChI is InChI=1S/C14H13N3O3S/c1-7-13(21-8(2)15-7)14(19)16-9-3-4-11-10(5-9)17-12(18)6-20-11/h3-5H,6H2,1-2H3,(H,16,19)(H,17,18). The molecule has 0 atom stereocenters. The predicted molar refractivity (Wildman–Crippen MR) is 80.1 cm³/mol. The van der Waals surface area contributed by atoms with Gasteiger partial charge in [-0.1, -0.05) is 0 Å². The average Bonchev–Trinajstić information content (AvgIpc) is 2.77. The van der Waals surface area contributed by atoms with Crippen LogP contribution >= 0.6 is 11.3 Å². The molecule has 0 bridgehead atoms. The van der Waals surface area contributed by atoms with E-state index in [1.807, 2.05) is 6.92 Å². The largest absolute Gasteiger partial charge is 0.482 e. The van der Waals surface area contributed by atoms with Gasteiger partial charge in [0.15, 0.2) is 6.61 Å². The number of thiazole rings is 1. The van der Waals surface area contributed by atoms with E-state index >= 15 is 0 Å². The first kappa shape index (κ1) is 13.6. The van der Waals surface area contributed by atoms with E-state index in [0.717, 1.165) is 5.01 Å². The van der Waals surface area contributed by atoms with Gasteiger partial charge in [0.1, 0.15) is 10.6 Å². The third-order valence-electron chi connectivity index (χ3n) is 2.98. The molecule has 2 N–H and O–H groups in total. The Morgan fingerprint density at radius 1 is 1.43 bits per heavy atom. The van der Waals surface area contributed by atoms with Gasteiger partial charge in [-0.05, 0) is 32.0 Å². The number of carbonyl (C=O) groups excluding carboxylic acids is 2. The average molecular weight is 303 g/mol. The second-order valence-electron chi connectivity index (χ2n) is 4.65. The van der Waals surface area contributed by atoms with Crippen LogP contribution in [0.5, 0.6) is 5.75 Å². The van der Waals surface area contributed by atoms with E-state index in [9.17, 15) is 9.59 Å². The summed E-state index contributed by atoms with van der Waals surface area (Å²) < 4.78 is 5.27. The molecule has 0 saturated carbocycles. The zero-order valence-corrected chi connectivity index (χ0v) is 12.3. The zero-order valence-electron chi connectivity index (χ0n) is 11.5. The molecule has 108 valence electrons. The molecule has 2 heterocycles. The van der Waals surface area contributed by atoms with E-state index in [1.54, 1.807) is 25.1 Å². The first-order valence-electron chi connectivity index (χ1n) is 6.35. The predicted octanol–water partition coefficient (Wildman–Crippen LogP) is 2.34. The van der Waals surface area contributed by atoms with Gasteiger partial charge < -0.3 is 15.4 Å². The van der Waals surface area contributed by atoms with Gasteiger partial charge >= 0.3 is 0 Å². The van der Waals surface area contributed by atoms with Gasteiger partial charge in [-0.15, -0.1) is 11.3 Å². The highest BCUT2D eigenvalue weighted by molar-refractivity contribution is 7.13. The molecule has 0 spiro atoms. The van der Waals surface area contributed by atoms with Crippen molar-refractivity contribution in [1.29, 1.82) is 0 Å². The van der Waals surface area contributed by atoms with Crippen LogP contribution in [0.15, 0.2) is 18.2 Å². The van der Waals surface area contributed by atoms with E-state index < -0.39 is 0 Å². The molecule has 1 aliphatic rings. The number of nitrogens with zero attached hydrogens (tertiary/aromatic N) is 1. The normalized spacial score (nSPS) is 13.1. The Morgan fingerprint density at radius 3 is 2.95 bits per heavy atom. The van der Waals surface area contributed by atoms with Gasteiger partial charge in [0.2, 0.25) is 0 Å². The lowest BCUT2D eigenvalue weighted by molar-refractivity contribution is -0.118. The fourth-order valence-electron chi connectivity index (χ4n) is 2.09. The van der Waals surface area contributed by atoms with Gasteiger partial charge in [-0.3, -0.25) is 9.59 Å². The lowest BCUT2D eigenvalue weighted by Gasteiger charge is -2.18. The monoisotopic (exact) mass is 303 g/mol. The first-order chi connectivity index (χ1) is 10.0. The van der Waals surface area contributed by atoms with Crippen LogP contribution in [0.25, 0.3) is 0 Å². The number of hydrogen-bond donors (Lipinski definition) is 2. The first-order valence-corrected chi connectivity index (χ1v) is 7.16. The molecule has 21 heavy (non-hydrogen) atoms. The fourth-order valence-corrected chi connectivity index (χ4v) is 2.91. The molecule has 2 aromatic rings. The van der Waals surface area contributed by atoms with Crippen molar-refractivity contribution in [1.82, 2.24) is 4.98 Å². The molecule has 1 aromatic heterocycles. The van der Waals surface area contributed by atoms with E-state index in [4.69, 9.17) is 4.74 Å². The third-order valence-corrected chi connectivity index (χ3v) is 4.05. The van der Waals surface area contributed by atoms with Crippen LogP contribution in [0.1, 0.15) is 20.4 Å². The number of hydrogen-bond acceptors (Lipinski definition) is 5. The van der Waals surface area contributed by atoms with Crippen molar-refractivity contribution in [2.45, 2.75) is 13.8 Å². The van der Waals surface area contributed by atoms with Crippen LogP contribution in [0.3, 0.4) is 0 Å². The molecule has 1 aromatic carbocycles. The second kappa shape index (κ2) is 5.17. The van der Waals surface area contributed by atoms with Crippen LogP contribution < -0.4 is 15.4 Å². The highest BCUT2D eigenvalue weighted by Crippen LogP contribution is 2.30. The number of nitrogens with one attached hydrogen (secondary N) is 2. The quantitative estimate of drug-likeness (QED) is 0.892. The number of anilines is 2. The SMILES string of the molecule is Cc1nc(C)c(C(=O)Nc2ccc3c(c2)NC(=O)CO3)s1. The van der Waals surface area contributed by atoms with E-state index in [-0.39, 0.29) is 18.4 Å². The number of benzene rings is 1. The molecule has 0 saturated heterocycles. The van der Waals surface area contributed by atoms with Crippen molar-refractivity contribution in [3.8, 4) is 5.75 Å². The van der Waals surface area contributed by atoms with Crippen molar-refractivity contribution in [2.75, 3.05) is 17.2 Å². The summed E-state index contributed by atoms with van der Waals surface area (Å²) in [7, 11) is 0. The van der Waals surface area contributed by atoms with Crippen molar-refractivity contribution in [3.63, 3.8) is 0 Å². The van der Waals surface area contributed by atoms with Crippen LogP contribution in [0.2, 0.25) is 0 Å². The summed E-state index contributed by atoms with van der Waals surface area (Å²) in [6.45, 7) is 3.68. The summed E-state index contributed by atoms with van der Waals surface area (Å²) >= 11 is 1.35. The van der Waals surface area contributed by atoms with Crippen molar-refractivity contribution in [3.05, 3.63) is 33.8 Å². The summed E-state index contributed by atoms with van der Waals surface area (Å²) in [5.74, 6) is 0.179. The molecule has 6 nitrogen and oxygen atoms in total. The molecule has 0 aliphatic carbocycles. The van der Waals surface area contributed by atoms with Gasteiger partial charge in [0, 0.05) is 5.69 Å². The van der Waals surface area contributed by atoms with Crippen LogP contribution in [-0.2, 0) is 4.79 Å². The van der Waals surface area contributed by atoms with Gasteiger partial charge in [0.25, 0.3) is 11.8 Å². The molecule has 0 fully saturated rings. The van der Waals surface area contributed by atoms with E-state index in [1.165, 1.54) is 11.3 Å². The Balaban J connectivity index is 1.82. The molecule has 0 unspecified atom stereocenters. The van der Waals surface area contributed by atoms with Crippen molar-refractivity contribution in [2.24, 2.45) is 0 Å². The van der Waals surface area contributed by atoms with Gasteiger partial charge in [-0.2, -0.15) is 0 Å². The number of aryl methyl sites for hydroxylation is 2. The number of fused-ring (bicyclic) bond motifs is 1. The van der Waals surface area contributed by atoms with Crippen molar-refractivity contribution < 1.29 is 14.3 Å². The van der Waals surface area contributed by atoms with E-state index in [2.05, 4.69) is 15.6 Å². The number of rotatable bonds is 2. The Hall–Kier alpha value is -2.41. The molecule has 7 heteroatoms. The summed E-state index contributed by atoms with van der Waals surface area (Å²) in [6.07, 6.45) is 0. The summed E-state index contributed by atoms with van der Waals surface area (Å²) in [5, 5.41) is 6.36.